The van der Waals surface area contributed by atoms with Crippen LogP contribution in [0.4, 0.5) is 0 Å². The lowest BCUT2D eigenvalue weighted by atomic mass is 9.81. The van der Waals surface area contributed by atoms with Gasteiger partial charge in [0, 0.05) is 51.8 Å². The Morgan fingerprint density at radius 1 is 0.974 bits per heavy atom. The van der Waals surface area contributed by atoms with Gasteiger partial charge < -0.3 is 14.7 Å². The average Bonchev–Trinajstić information content (AvgIpc) is 3.37. The summed E-state index contributed by atoms with van der Waals surface area (Å²) in [4.78, 5) is 20.0. The van der Waals surface area contributed by atoms with Crippen LogP contribution >= 0.6 is 0 Å². The lowest BCUT2D eigenvalue weighted by molar-refractivity contribution is -0.134. The van der Waals surface area contributed by atoms with E-state index in [9.17, 15) is 4.79 Å². The van der Waals surface area contributed by atoms with Crippen molar-refractivity contribution in [2.75, 3.05) is 46.3 Å². The number of rotatable bonds is 10. The third kappa shape index (κ3) is 7.53. The van der Waals surface area contributed by atoms with Gasteiger partial charge in [-0.2, -0.15) is 0 Å². The highest BCUT2D eigenvalue weighted by molar-refractivity contribution is 5.76. The summed E-state index contributed by atoms with van der Waals surface area (Å²) in [6.45, 7) is 7.99. The van der Waals surface area contributed by atoms with Crippen LogP contribution in [0.15, 0.2) is 71.3 Å². The van der Waals surface area contributed by atoms with E-state index in [0.29, 0.717) is 24.2 Å². The van der Waals surface area contributed by atoms with Crippen molar-refractivity contribution in [2.24, 2.45) is 11.8 Å². The van der Waals surface area contributed by atoms with Crippen molar-refractivity contribution in [3.63, 3.8) is 0 Å². The van der Waals surface area contributed by atoms with Gasteiger partial charge in [-0.25, -0.2) is 0 Å². The molecular weight excluding hydrogens is 474 g/mol. The fourth-order valence-corrected chi connectivity index (χ4v) is 5.85. The quantitative estimate of drug-likeness (QED) is 0.443. The van der Waals surface area contributed by atoms with E-state index in [-0.39, 0.29) is 0 Å². The summed E-state index contributed by atoms with van der Waals surface area (Å²) in [5.41, 5.74) is 3.62. The summed E-state index contributed by atoms with van der Waals surface area (Å²) in [7, 11) is 2.10. The monoisotopic (exact) mass is 515 g/mol. The summed E-state index contributed by atoms with van der Waals surface area (Å²) in [6, 6.07) is 23.2. The van der Waals surface area contributed by atoms with Gasteiger partial charge >= 0.3 is 0 Å². The van der Waals surface area contributed by atoms with Gasteiger partial charge in [0.15, 0.2) is 5.76 Å². The molecule has 3 heterocycles. The molecule has 0 unspecified atom stereocenters. The molecule has 0 saturated carbocycles. The van der Waals surface area contributed by atoms with Gasteiger partial charge in [-0.3, -0.25) is 14.6 Å². The molecule has 0 aliphatic carbocycles. The second kappa shape index (κ2) is 13.2. The van der Waals surface area contributed by atoms with Crippen molar-refractivity contribution in [3.05, 3.63) is 89.3 Å². The lowest BCUT2D eigenvalue weighted by Gasteiger charge is -2.37. The standard InChI is InChI=1S/C31H41N5O2/c1-34(22-25-8-4-2-5-9-25)24-30-20-29(33-38-30)18-28-21-32-13-12-27(28)19-31(37)36-16-14-35(15-17-36)23-26-10-6-3-7-11-26/h2-11,20,27-28,32H,12-19,21-24H2,1H3/t27-,28-/m0/s1. The van der Waals surface area contributed by atoms with Crippen molar-refractivity contribution in [1.29, 1.82) is 0 Å². The summed E-state index contributed by atoms with van der Waals surface area (Å²) >= 11 is 0. The molecule has 5 rings (SSSR count). The van der Waals surface area contributed by atoms with E-state index in [0.717, 1.165) is 83.2 Å². The normalized spacial score (nSPS) is 20.6. The SMILES string of the molecule is CN(Cc1ccccc1)Cc1cc(C[C@H]2CNCC[C@H]2CC(=O)N2CCN(Cc3ccccc3)CC2)no1. The summed E-state index contributed by atoms with van der Waals surface area (Å²) in [6.07, 6.45) is 2.52. The van der Waals surface area contributed by atoms with Crippen LogP contribution in [0.1, 0.15) is 35.4 Å². The Morgan fingerprint density at radius 3 is 2.42 bits per heavy atom. The van der Waals surface area contributed by atoms with Crippen LogP contribution in [-0.4, -0.2) is 72.1 Å². The smallest absolute Gasteiger partial charge is 0.222 e. The van der Waals surface area contributed by atoms with E-state index < -0.39 is 0 Å². The van der Waals surface area contributed by atoms with Gasteiger partial charge in [0.2, 0.25) is 5.91 Å². The third-order valence-electron chi connectivity index (χ3n) is 7.98. The second-order valence-electron chi connectivity index (χ2n) is 11.0. The molecule has 38 heavy (non-hydrogen) atoms. The number of benzene rings is 2. The minimum atomic E-state index is 0.310. The van der Waals surface area contributed by atoms with Crippen molar-refractivity contribution in [1.82, 2.24) is 25.2 Å². The van der Waals surface area contributed by atoms with E-state index in [1.807, 2.05) is 6.07 Å². The number of amides is 1. The molecule has 202 valence electrons. The molecular formula is C31H41N5O2. The van der Waals surface area contributed by atoms with Gasteiger partial charge in [-0.05, 0) is 55.9 Å². The molecule has 2 aromatic carbocycles. The fraction of sp³-hybridized carbons (Fsp3) is 0.484. The molecule has 2 atom stereocenters. The van der Waals surface area contributed by atoms with Crippen molar-refractivity contribution >= 4 is 5.91 Å². The highest BCUT2D eigenvalue weighted by atomic mass is 16.5. The number of piperidine rings is 1. The first-order valence-electron chi connectivity index (χ1n) is 14.0. The van der Waals surface area contributed by atoms with Crippen molar-refractivity contribution in [2.45, 2.75) is 38.9 Å². The molecule has 1 N–H and O–H groups in total. The molecule has 2 fully saturated rings. The molecule has 1 amide bonds. The van der Waals surface area contributed by atoms with Crippen LogP contribution in [0.5, 0.6) is 0 Å². The minimum Gasteiger partial charge on any atom is -0.360 e. The minimum absolute atomic E-state index is 0.310. The van der Waals surface area contributed by atoms with E-state index in [1.54, 1.807) is 0 Å². The number of hydrogen-bond donors (Lipinski definition) is 1. The fourth-order valence-electron chi connectivity index (χ4n) is 5.85. The van der Waals surface area contributed by atoms with Crippen molar-refractivity contribution < 1.29 is 9.32 Å². The Morgan fingerprint density at radius 2 is 1.68 bits per heavy atom. The molecule has 7 nitrogen and oxygen atoms in total. The lowest BCUT2D eigenvalue weighted by Crippen LogP contribution is -2.49. The summed E-state index contributed by atoms with van der Waals surface area (Å²) < 4.78 is 5.69. The molecule has 2 aliphatic rings. The maximum Gasteiger partial charge on any atom is 0.222 e. The number of aromatic nitrogens is 1. The second-order valence-corrected chi connectivity index (χ2v) is 11.0. The number of nitrogens with zero attached hydrogens (tertiary/aromatic N) is 4. The average molecular weight is 516 g/mol. The van der Waals surface area contributed by atoms with Crippen LogP contribution in [-0.2, 0) is 30.8 Å². The molecule has 0 bridgehead atoms. The number of piperazine rings is 1. The number of carbonyl (C=O) groups excluding carboxylic acids is 1. The van der Waals surface area contributed by atoms with Gasteiger partial charge in [0.1, 0.15) is 0 Å². The van der Waals surface area contributed by atoms with Gasteiger partial charge in [-0.15, -0.1) is 0 Å². The number of nitrogens with one attached hydrogen (secondary N) is 1. The topological polar surface area (TPSA) is 64.9 Å². The Kier molecular flexibility index (Phi) is 9.23. The molecule has 1 aromatic heterocycles. The van der Waals surface area contributed by atoms with Crippen LogP contribution in [0.25, 0.3) is 0 Å². The van der Waals surface area contributed by atoms with Gasteiger partial charge in [-0.1, -0.05) is 65.8 Å². The predicted octanol–water partition coefficient (Wildman–Crippen LogP) is 3.81. The summed E-state index contributed by atoms with van der Waals surface area (Å²) in [5.74, 6) is 1.98. The van der Waals surface area contributed by atoms with Crippen LogP contribution in [0.3, 0.4) is 0 Å². The highest BCUT2D eigenvalue weighted by Crippen LogP contribution is 2.27. The molecule has 2 aliphatic heterocycles. The molecule has 2 saturated heterocycles. The zero-order chi connectivity index (χ0) is 26.2. The van der Waals surface area contributed by atoms with E-state index >= 15 is 0 Å². The first kappa shape index (κ1) is 26.6. The van der Waals surface area contributed by atoms with Crippen LogP contribution in [0, 0.1) is 11.8 Å². The molecule has 0 spiro atoms. The Labute approximate surface area is 226 Å². The first-order chi connectivity index (χ1) is 18.6. The molecule has 0 radical (unpaired) electrons. The maximum atomic E-state index is 13.3. The highest BCUT2D eigenvalue weighted by Gasteiger charge is 2.30. The molecule has 3 aromatic rings. The number of hydrogen-bond acceptors (Lipinski definition) is 6. The van der Waals surface area contributed by atoms with E-state index in [4.69, 9.17) is 4.52 Å². The third-order valence-corrected chi connectivity index (χ3v) is 7.98. The zero-order valence-electron chi connectivity index (χ0n) is 22.6. The Bertz CT molecular complexity index is 1130. The predicted molar refractivity (Wildman–Crippen MR) is 149 cm³/mol. The van der Waals surface area contributed by atoms with Crippen LogP contribution < -0.4 is 5.32 Å². The van der Waals surface area contributed by atoms with E-state index in [1.165, 1.54) is 11.1 Å². The Hall–Kier alpha value is -3.00. The van der Waals surface area contributed by atoms with Gasteiger partial charge in [0.05, 0.1) is 12.2 Å². The van der Waals surface area contributed by atoms with E-state index in [2.05, 4.69) is 92.9 Å². The van der Waals surface area contributed by atoms with Crippen molar-refractivity contribution in [3.8, 4) is 0 Å². The Balaban J connectivity index is 1.09. The summed E-state index contributed by atoms with van der Waals surface area (Å²) in [5, 5.41) is 7.92. The van der Waals surface area contributed by atoms with Gasteiger partial charge in [0.25, 0.3) is 0 Å². The number of carbonyl (C=O) groups is 1. The molecule has 7 heteroatoms. The largest absolute Gasteiger partial charge is 0.360 e. The maximum absolute atomic E-state index is 13.3. The first-order valence-corrected chi connectivity index (χ1v) is 14.0. The van der Waals surface area contributed by atoms with Crippen LogP contribution in [0.2, 0.25) is 0 Å². The zero-order valence-corrected chi connectivity index (χ0v) is 22.6.